The third-order valence-corrected chi connectivity index (χ3v) is 10.2. The van der Waals surface area contributed by atoms with Crippen LogP contribution < -0.4 is 5.32 Å². The summed E-state index contributed by atoms with van der Waals surface area (Å²) >= 11 is 0. The van der Waals surface area contributed by atoms with Gasteiger partial charge in [-0.25, -0.2) is 4.18 Å². The van der Waals surface area contributed by atoms with E-state index in [1.54, 1.807) is 6.08 Å². The number of aliphatic hydroxyl groups is 5. The van der Waals surface area contributed by atoms with Crippen molar-refractivity contribution in [1.82, 2.24) is 5.32 Å². The Morgan fingerprint density at radius 2 is 1.22 bits per heavy atom. The monoisotopic (exact) mass is 806 g/mol. The summed E-state index contributed by atoms with van der Waals surface area (Å²) in [6.07, 6.45) is 23.9. The van der Waals surface area contributed by atoms with Gasteiger partial charge in [-0.05, 0) is 57.8 Å². The lowest BCUT2D eigenvalue weighted by molar-refractivity contribution is -0.298. The third-order valence-electron chi connectivity index (χ3n) is 9.75. The molecule has 1 aliphatic heterocycles. The number of carbonyl (C=O) groups excluding carboxylic acids is 1. The van der Waals surface area contributed by atoms with Crippen molar-refractivity contribution in [3.63, 3.8) is 0 Å². The second-order valence-corrected chi connectivity index (χ2v) is 15.8. The second-order valence-electron chi connectivity index (χ2n) is 14.7. The van der Waals surface area contributed by atoms with E-state index in [9.17, 15) is 38.7 Å². The Balaban J connectivity index is 2.70. The number of hydrogen-bond donors (Lipinski definition) is 7. The van der Waals surface area contributed by atoms with Crippen LogP contribution in [0.1, 0.15) is 155 Å². The maximum atomic E-state index is 13.0. The Bertz CT molecular complexity index is 1150. The van der Waals surface area contributed by atoms with E-state index in [0.717, 1.165) is 51.4 Å². The van der Waals surface area contributed by atoms with E-state index in [-0.39, 0.29) is 6.42 Å². The smallest absolute Gasteiger partial charge is 0.394 e. The lowest BCUT2D eigenvalue weighted by Crippen LogP contribution is -2.61. The molecular formula is C41H75NO12S. The number of hydrogen-bond acceptors (Lipinski definition) is 11. The highest BCUT2D eigenvalue weighted by Gasteiger charge is 2.48. The normalized spacial score (nSPS) is 22.5. The van der Waals surface area contributed by atoms with Crippen molar-refractivity contribution in [2.24, 2.45) is 0 Å². The zero-order valence-electron chi connectivity index (χ0n) is 33.6. The molecule has 55 heavy (non-hydrogen) atoms. The van der Waals surface area contributed by atoms with Crippen LogP contribution in [0.15, 0.2) is 36.5 Å². The van der Waals surface area contributed by atoms with Gasteiger partial charge in [-0.3, -0.25) is 9.35 Å². The van der Waals surface area contributed by atoms with E-state index in [0.29, 0.717) is 12.8 Å². The molecule has 13 nitrogen and oxygen atoms in total. The first-order chi connectivity index (χ1) is 26.4. The summed E-state index contributed by atoms with van der Waals surface area (Å²) in [5.41, 5.74) is 0. The van der Waals surface area contributed by atoms with E-state index in [2.05, 4.69) is 47.7 Å². The van der Waals surface area contributed by atoms with Gasteiger partial charge in [0.25, 0.3) is 0 Å². The first-order valence-corrected chi connectivity index (χ1v) is 22.3. The number of carbonyl (C=O) groups is 1. The molecule has 1 heterocycles. The van der Waals surface area contributed by atoms with Gasteiger partial charge in [-0.15, -0.1) is 0 Å². The zero-order valence-corrected chi connectivity index (χ0v) is 34.4. The fourth-order valence-corrected chi connectivity index (χ4v) is 6.86. The van der Waals surface area contributed by atoms with Gasteiger partial charge in [0, 0.05) is 0 Å². The average Bonchev–Trinajstić information content (AvgIpc) is 3.15. The first kappa shape index (κ1) is 51.3. The Labute approximate surface area is 331 Å². The molecule has 0 bridgehead atoms. The molecule has 1 saturated heterocycles. The highest BCUT2D eigenvalue weighted by Crippen LogP contribution is 2.26. The van der Waals surface area contributed by atoms with Gasteiger partial charge in [0.2, 0.25) is 5.91 Å². The molecule has 0 aromatic heterocycles. The summed E-state index contributed by atoms with van der Waals surface area (Å²) in [5, 5.41) is 54.9. The molecule has 322 valence electrons. The van der Waals surface area contributed by atoms with Gasteiger partial charge in [0.15, 0.2) is 6.29 Å². The van der Waals surface area contributed by atoms with Crippen molar-refractivity contribution < 1.29 is 57.0 Å². The number of rotatable bonds is 34. The summed E-state index contributed by atoms with van der Waals surface area (Å²) in [7, 11) is -5.12. The van der Waals surface area contributed by atoms with Gasteiger partial charge in [-0.1, -0.05) is 134 Å². The van der Waals surface area contributed by atoms with Crippen molar-refractivity contribution in [1.29, 1.82) is 0 Å². The molecule has 1 rings (SSSR count). The molecule has 0 aromatic carbocycles. The zero-order chi connectivity index (χ0) is 40.7. The maximum Gasteiger partial charge on any atom is 0.397 e. The number of nitrogens with one attached hydrogen (secondary N) is 1. The van der Waals surface area contributed by atoms with Gasteiger partial charge in [-0.2, -0.15) is 8.42 Å². The minimum atomic E-state index is -5.12. The quantitative estimate of drug-likeness (QED) is 0.0223. The van der Waals surface area contributed by atoms with Crippen LogP contribution in [-0.4, -0.2) is 107 Å². The minimum Gasteiger partial charge on any atom is -0.394 e. The largest absolute Gasteiger partial charge is 0.397 e. The van der Waals surface area contributed by atoms with Crippen molar-refractivity contribution >= 4 is 16.3 Å². The first-order valence-electron chi connectivity index (χ1n) is 21.0. The molecule has 0 radical (unpaired) electrons. The van der Waals surface area contributed by atoms with Crippen LogP contribution >= 0.6 is 0 Å². The Kier molecular flexibility index (Phi) is 30.1. The molecular weight excluding hydrogens is 731 g/mol. The van der Waals surface area contributed by atoms with Crippen LogP contribution in [0.2, 0.25) is 0 Å². The number of unbranched alkanes of at least 4 members (excludes halogenated alkanes) is 17. The van der Waals surface area contributed by atoms with Crippen LogP contribution in [-0.2, 0) is 28.9 Å². The fraction of sp³-hybridized carbons (Fsp3) is 0.829. The second kappa shape index (κ2) is 32.3. The molecule has 0 aliphatic carbocycles. The summed E-state index contributed by atoms with van der Waals surface area (Å²) < 4.78 is 47.3. The third kappa shape index (κ3) is 25.3. The number of allylic oxidation sites excluding steroid dienone is 5. The molecule has 1 fully saturated rings. The molecule has 0 saturated carbocycles. The molecule has 0 aromatic rings. The number of amides is 1. The highest BCUT2D eigenvalue weighted by atomic mass is 32.3. The van der Waals surface area contributed by atoms with Crippen LogP contribution in [0.3, 0.4) is 0 Å². The van der Waals surface area contributed by atoms with E-state index >= 15 is 0 Å². The van der Waals surface area contributed by atoms with Gasteiger partial charge < -0.3 is 40.3 Å². The summed E-state index contributed by atoms with van der Waals surface area (Å²) in [6, 6.07) is -1.14. The van der Waals surface area contributed by atoms with Crippen LogP contribution in [0.5, 0.6) is 0 Å². The number of aliphatic hydroxyl groups excluding tert-OH is 5. The van der Waals surface area contributed by atoms with Gasteiger partial charge >= 0.3 is 10.4 Å². The summed E-state index contributed by atoms with van der Waals surface area (Å²) in [6.45, 7) is 3.13. The van der Waals surface area contributed by atoms with Crippen LogP contribution in [0.4, 0.5) is 0 Å². The lowest BCUT2D eigenvalue weighted by atomic mass is 9.99. The SMILES string of the molecule is CCCCC/C=C\CCCCCCC(O)C(=O)NC(COC1OC(CO)C(O)C(OS(=O)(=O)O)C1O)C(O)/C=C/CC/C=C/CCCCCCCCCCC. The van der Waals surface area contributed by atoms with E-state index in [4.69, 9.17) is 14.0 Å². The number of ether oxygens (including phenoxy) is 2. The van der Waals surface area contributed by atoms with Crippen molar-refractivity contribution in [2.75, 3.05) is 13.2 Å². The predicted octanol–water partition coefficient (Wildman–Crippen LogP) is 6.13. The average molecular weight is 806 g/mol. The minimum absolute atomic E-state index is 0.221. The fourth-order valence-electron chi connectivity index (χ4n) is 6.35. The molecule has 0 spiro atoms. The Morgan fingerprint density at radius 1 is 0.727 bits per heavy atom. The van der Waals surface area contributed by atoms with Gasteiger partial charge in [0.05, 0.1) is 25.4 Å². The van der Waals surface area contributed by atoms with Crippen molar-refractivity contribution in [3.8, 4) is 0 Å². The summed E-state index contributed by atoms with van der Waals surface area (Å²) in [4.78, 5) is 13.0. The molecule has 8 atom stereocenters. The molecule has 7 N–H and O–H groups in total. The highest BCUT2D eigenvalue weighted by molar-refractivity contribution is 7.80. The van der Waals surface area contributed by atoms with Crippen molar-refractivity contribution in [2.45, 2.75) is 204 Å². The van der Waals surface area contributed by atoms with Crippen LogP contribution in [0.25, 0.3) is 0 Å². The topological polar surface area (TPSA) is 212 Å². The van der Waals surface area contributed by atoms with E-state index in [1.807, 2.05) is 0 Å². The summed E-state index contributed by atoms with van der Waals surface area (Å²) in [5.74, 6) is -0.725. The molecule has 1 amide bonds. The molecule has 8 unspecified atom stereocenters. The Hall–Kier alpha value is -1.72. The van der Waals surface area contributed by atoms with E-state index in [1.165, 1.54) is 76.7 Å². The Morgan fingerprint density at radius 3 is 1.78 bits per heavy atom. The lowest BCUT2D eigenvalue weighted by Gasteiger charge is -2.41. The molecule has 1 aliphatic rings. The standard InChI is InChI=1S/C41H75NO12S/c1-3-5-7-9-11-13-15-16-17-18-20-21-23-25-27-29-34(44)33(32-52-41-38(47)39(54-55(49,50)51)37(46)36(31-43)53-41)42-40(48)35(45)30-28-26-24-22-19-14-12-10-8-6-4-2/h12,14,20-21,27,29,33-39,41,43-47H,3-11,13,15-19,22-26,28,30-32H2,1-2H3,(H,42,48)(H,49,50,51)/b14-12-,21-20+,29-27+. The van der Waals surface area contributed by atoms with E-state index < -0.39 is 78.5 Å². The van der Waals surface area contributed by atoms with Crippen LogP contribution in [0, 0.1) is 0 Å². The maximum absolute atomic E-state index is 13.0. The molecule has 14 heteroatoms. The van der Waals surface area contributed by atoms with Crippen molar-refractivity contribution in [3.05, 3.63) is 36.5 Å². The van der Waals surface area contributed by atoms with Gasteiger partial charge in [0.1, 0.15) is 30.5 Å². The predicted molar refractivity (Wildman–Crippen MR) is 214 cm³/mol.